The van der Waals surface area contributed by atoms with Gasteiger partial charge in [-0.2, -0.15) is 21.6 Å². The second-order valence-electron chi connectivity index (χ2n) is 8.96. The lowest BCUT2D eigenvalue weighted by Crippen LogP contribution is -2.47. The van der Waals surface area contributed by atoms with E-state index >= 15 is 0 Å². The molecule has 1 fully saturated rings. The van der Waals surface area contributed by atoms with Crippen molar-refractivity contribution in [2.45, 2.75) is 63.6 Å². The van der Waals surface area contributed by atoms with Gasteiger partial charge in [-0.15, -0.1) is 0 Å². The molecule has 10 heteroatoms. The molecule has 1 aromatic rings. The molecule has 1 aliphatic heterocycles. The lowest BCUT2D eigenvalue weighted by molar-refractivity contribution is -0.137. The highest BCUT2D eigenvalue weighted by Gasteiger charge is 2.40. The number of ether oxygens (including phenoxy) is 1. The fourth-order valence-electron chi connectivity index (χ4n) is 3.77. The van der Waals surface area contributed by atoms with Crippen LogP contribution in [0, 0.1) is 0 Å². The van der Waals surface area contributed by atoms with Gasteiger partial charge in [0.05, 0.1) is 18.4 Å². The van der Waals surface area contributed by atoms with Gasteiger partial charge in [-0.25, -0.2) is 4.79 Å². The standard InChI is InChI=1S/C21H30F3NO5S/c1-19(2,3)30-18(26)25-12-10-20(11-13-25,9-6-14-29-31(4,27)28)16-7-5-8-17(15-16)21(22,23)24/h5,7-8,15H,6,9-14H2,1-4H3. The molecule has 1 saturated heterocycles. The monoisotopic (exact) mass is 465 g/mol. The first-order chi connectivity index (χ1) is 14.1. The lowest BCUT2D eigenvalue weighted by atomic mass is 9.69. The molecule has 1 aromatic carbocycles. The van der Waals surface area contributed by atoms with Crippen LogP contribution in [0.3, 0.4) is 0 Å². The molecule has 0 saturated carbocycles. The smallest absolute Gasteiger partial charge is 0.416 e. The Kier molecular flexibility index (Phi) is 7.68. The number of carbonyl (C=O) groups excluding carboxylic acids is 1. The molecule has 0 aliphatic carbocycles. The van der Waals surface area contributed by atoms with Gasteiger partial charge in [0.15, 0.2) is 0 Å². The summed E-state index contributed by atoms with van der Waals surface area (Å²) in [5, 5.41) is 0. The van der Waals surface area contributed by atoms with Crippen LogP contribution in [-0.2, 0) is 30.6 Å². The summed E-state index contributed by atoms with van der Waals surface area (Å²) in [6, 6.07) is 5.23. The number of hydrogen-bond acceptors (Lipinski definition) is 5. The van der Waals surface area contributed by atoms with E-state index in [0.717, 1.165) is 18.4 Å². The number of carbonyl (C=O) groups is 1. The quantitative estimate of drug-likeness (QED) is 0.449. The molecule has 0 aromatic heterocycles. The molecule has 2 rings (SSSR count). The SMILES string of the molecule is CC(C)(C)OC(=O)N1CCC(CCCOS(C)(=O)=O)(c2cccc(C(F)(F)F)c2)CC1. The molecule has 0 N–H and O–H groups in total. The highest BCUT2D eigenvalue weighted by Crippen LogP contribution is 2.42. The normalized spacial score (nSPS) is 17.5. The molecule has 176 valence electrons. The van der Waals surface area contributed by atoms with Crippen molar-refractivity contribution in [2.24, 2.45) is 0 Å². The number of hydrogen-bond donors (Lipinski definition) is 0. The van der Waals surface area contributed by atoms with Crippen LogP contribution in [0.25, 0.3) is 0 Å². The van der Waals surface area contributed by atoms with Crippen LogP contribution in [0.15, 0.2) is 24.3 Å². The van der Waals surface area contributed by atoms with Crippen LogP contribution in [0.2, 0.25) is 0 Å². The summed E-state index contributed by atoms with van der Waals surface area (Å²) in [5.41, 5.74) is -1.46. The van der Waals surface area contributed by atoms with E-state index < -0.39 is 39.0 Å². The Hall–Kier alpha value is -1.81. The highest BCUT2D eigenvalue weighted by molar-refractivity contribution is 7.85. The zero-order valence-corrected chi connectivity index (χ0v) is 19.1. The summed E-state index contributed by atoms with van der Waals surface area (Å²) >= 11 is 0. The van der Waals surface area contributed by atoms with Crippen LogP contribution in [0.4, 0.5) is 18.0 Å². The average Bonchev–Trinajstić information content (AvgIpc) is 2.63. The summed E-state index contributed by atoms with van der Waals surface area (Å²) in [4.78, 5) is 13.9. The van der Waals surface area contributed by atoms with Gasteiger partial charge in [0.1, 0.15) is 5.60 Å². The Morgan fingerprint density at radius 2 is 1.77 bits per heavy atom. The molecule has 0 radical (unpaired) electrons. The third-order valence-electron chi connectivity index (χ3n) is 5.27. The molecule has 0 unspecified atom stereocenters. The first kappa shape index (κ1) is 25.5. The van der Waals surface area contributed by atoms with Crippen LogP contribution < -0.4 is 0 Å². The first-order valence-corrected chi connectivity index (χ1v) is 11.9. The summed E-state index contributed by atoms with van der Waals surface area (Å²) in [5.74, 6) is 0. The summed E-state index contributed by atoms with van der Waals surface area (Å²) in [6.45, 7) is 5.92. The third kappa shape index (κ3) is 7.68. The van der Waals surface area contributed by atoms with E-state index in [4.69, 9.17) is 8.92 Å². The minimum absolute atomic E-state index is 0.0463. The number of piperidine rings is 1. The zero-order chi connectivity index (χ0) is 23.5. The van der Waals surface area contributed by atoms with Gasteiger partial charge in [-0.3, -0.25) is 4.18 Å². The maximum Gasteiger partial charge on any atom is 0.416 e. The predicted molar refractivity (Wildman–Crippen MR) is 110 cm³/mol. The van der Waals surface area contributed by atoms with Crippen LogP contribution in [0.5, 0.6) is 0 Å². The van der Waals surface area contributed by atoms with E-state index in [-0.39, 0.29) is 6.61 Å². The van der Waals surface area contributed by atoms with Gasteiger partial charge in [-0.1, -0.05) is 18.2 Å². The molecule has 1 aliphatic rings. The van der Waals surface area contributed by atoms with Crippen molar-refractivity contribution < 1.29 is 35.3 Å². The average molecular weight is 466 g/mol. The Morgan fingerprint density at radius 3 is 2.29 bits per heavy atom. The molecule has 0 spiro atoms. The first-order valence-electron chi connectivity index (χ1n) is 10.1. The Labute approximate surface area is 181 Å². The number of halogens is 3. The lowest BCUT2D eigenvalue weighted by Gasteiger charge is -2.43. The Balaban J connectivity index is 2.22. The van der Waals surface area contributed by atoms with E-state index in [1.807, 2.05) is 0 Å². The largest absolute Gasteiger partial charge is 0.444 e. The maximum absolute atomic E-state index is 13.3. The van der Waals surface area contributed by atoms with E-state index in [9.17, 15) is 26.4 Å². The van der Waals surface area contributed by atoms with Crippen molar-refractivity contribution >= 4 is 16.2 Å². The van der Waals surface area contributed by atoms with Crippen LogP contribution in [0.1, 0.15) is 57.6 Å². The Morgan fingerprint density at radius 1 is 1.16 bits per heavy atom. The highest BCUT2D eigenvalue weighted by atomic mass is 32.2. The second kappa shape index (κ2) is 9.36. The van der Waals surface area contributed by atoms with Gasteiger partial charge in [-0.05, 0) is 63.5 Å². The fourth-order valence-corrected chi connectivity index (χ4v) is 4.19. The van der Waals surface area contributed by atoms with Crippen molar-refractivity contribution in [1.82, 2.24) is 4.90 Å². The molecular weight excluding hydrogens is 435 g/mol. The molecule has 1 heterocycles. The van der Waals surface area contributed by atoms with Crippen molar-refractivity contribution in [3.05, 3.63) is 35.4 Å². The minimum atomic E-state index is -4.46. The minimum Gasteiger partial charge on any atom is -0.444 e. The molecule has 31 heavy (non-hydrogen) atoms. The second-order valence-corrected chi connectivity index (χ2v) is 10.6. The summed E-state index contributed by atoms with van der Waals surface area (Å²) < 4.78 is 72.4. The number of alkyl halides is 3. The van der Waals surface area contributed by atoms with Gasteiger partial charge in [0, 0.05) is 13.1 Å². The van der Waals surface area contributed by atoms with Crippen molar-refractivity contribution in [2.75, 3.05) is 26.0 Å². The molecule has 1 amide bonds. The zero-order valence-electron chi connectivity index (χ0n) is 18.3. The van der Waals surface area contributed by atoms with Gasteiger partial charge >= 0.3 is 12.3 Å². The topological polar surface area (TPSA) is 72.9 Å². The third-order valence-corrected chi connectivity index (χ3v) is 5.87. The van der Waals surface area contributed by atoms with E-state index in [2.05, 4.69) is 0 Å². The Bertz CT molecular complexity index is 870. The van der Waals surface area contributed by atoms with Crippen molar-refractivity contribution in [3.63, 3.8) is 0 Å². The fraction of sp³-hybridized carbons (Fsp3) is 0.667. The van der Waals surface area contributed by atoms with Crippen LogP contribution in [-0.4, -0.2) is 51.0 Å². The number of benzene rings is 1. The molecule has 6 nitrogen and oxygen atoms in total. The van der Waals surface area contributed by atoms with Crippen LogP contribution >= 0.6 is 0 Å². The number of rotatable bonds is 6. The van der Waals surface area contributed by atoms with Gasteiger partial charge in [0.2, 0.25) is 0 Å². The number of likely N-dealkylation sites (tertiary alicyclic amines) is 1. The number of nitrogens with zero attached hydrogens (tertiary/aromatic N) is 1. The molecule has 0 bridgehead atoms. The van der Waals surface area contributed by atoms with Crippen molar-refractivity contribution in [1.29, 1.82) is 0 Å². The summed E-state index contributed by atoms with van der Waals surface area (Å²) in [6.07, 6.45) is -2.30. The molecule has 0 atom stereocenters. The predicted octanol–water partition coefficient (Wildman–Crippen LogP) is 4.73. The number of amides is 1. The van der Waals surface area contributed by atoms with Crippen molar-refractivity contribution in [3.8, 4) is 0 Å². The van der Waals surface area contributed by atoms with E-state index in [1.165, 1.54) is 6.07 Å². The van der Waals surface area contributed by atoms with Gasteiger partial charge < -0.3 is 9.64 Å². The van der Waals surface area contributed by atoms with Gasteiger partial charge in [0.25, 0.3) is 10.1 Å². The molecular formula is C21H30F3NO5S. The summed E-state index contributed by atoms with van der Waals surface area (Å²) in [7, 11) is -3.59. The van der Waals surface area contributed by atoms with E-state index in [1.54, 1.807) is 31.7 Å². The van der Waals surface area contributed by atoms with E-state index in [0.29, 0.717) is 44.3 Å². The maximum atomic E-state index is 13.3.